The highest BCUT2D eigenvalue weighted by molar-refractivity contribution is 7.90. The first kappa shape index (κ1) is 13.4. The third-order valence-corrected chi connectivity index (χ3v) is 3.94. The third-order valence-electron chi connectivity index (χ3n) is 2.83. The zero-order chi connectivity index (χ0) is 13.0. The molecule has 1 saturated carbocycles. The van der Waals surface area contributed by atoms with Gasteiger partial charge in [0.1, 0.15) is 5.75 Å². The van der Waals surface area contributed by atoms with Gasteiger partial charge in [-0.25, -0.2) is 8.42 Å². The second-order valence-electron chi connectivity index (χ2n) is 4.68. The quantitative estimate of drug-likeness (QED) is 0.764. The molecule has 0 amide bonds. The average Bonchev–Trinajstić information content (AvgIpc) is 3.12. The summed E-state index contributed by atoms with van der Waals surface area (Å²) in [6, 6.07) is 7.36. The lowest BCUT2D eigenvalue weighted by Gasteiger charge is -2.07. The number of hydrogen-bond donors (Lipinski definition) is 1. The van der Waals surface area contributed by atoms with E-state index in [-0.39, 0.29) is 0 Å². The first-order valence-electron chi connectivity index (χ1n) is 6.22. The van der Waals surface area contributed by atoms with Gasteiger partial charge in [-0.15, -0.1) is 0 Å². The number of sulfone groups is 1. The summed E-state index contributed by atoms with van der Waals surface area (Å²) in [6.45, 7) is 1.56. The van der Waals surface area contributed by atoms with Gasteiger partial charge in [-0.05, 0) is 44.0 Å². The van der Waals surface area contributed by atoms with E-state index >= 15 is 0 Å². The lowest BCUT2D eigenvalue weighted by atomic mass is 10.3. The standard InChI is InChI=1S/C13H19NO3S/c1-18(15,16)13-5-2-4-12(10-13)17-9-3-8-14-11-6-7-11/h2,4-5,10-11,14H,3,6-9H2,1H3. The van der Waals surface area contributed by atoms with Crippen LogP contribution in [-0.4, -0.2) is 33.9 Å². The molecule has 2 rings (SSSR count). The molecule has 0 spiro atoms. The number of rotatable bonds is 7. The van der Waals surface area contributed by atoms with Gasteiger partial charge in [0.05, 0.1) is 11.5 Å². The van der Waals surface area contributed by atoms with Crippen LogP contribution in [0, 0.1) is 0 Å². The molecule has 1 aliphatic rings. The van der Waals surface area contributed by atoms with Crippen LogP contribution >= 0.6 is 0 Å². The molecule has 1 N–H and O–H groups in total. The van der Waals surface area contributed by atoms with E-state index in [1.807, 2.05) is 0 Å². The Bertz CT molecular complexity index is 495. The van der Waals surface area contributed by atoms with Crippen LogP contribution in [0.5, 0.6) is 5.75 Å². The van der Waals surface area contributed by atoms with E-state index in [1.165, 1.54) is 19.1 Å². The lowest BCUT2D eigenvalue weighted by molar-refractivity contribution is 0.307. The van der Waals surface area contributed by atoms with E-state index in [9.17, 15) is 8.42 Å². The maximum Gasteiger partial charge on any atom is 0.175 e. The second-order valence-corrected chi connectivity index (χ2v) is 6.69. The zero-order valence-electron chi connectivity index (χ0n) is 10.6. The fourth-order valence-electron chi connectivity index (χ4n) is 1.65. The van der Waals surface area contributed by atoms with E-state index in [2.05, 4.69) is 5.32 Å². The molecule has 1 aliphatic carbocycles. The van der Waals surface area contributed by atoms with E-state index in [4.69, 9.17) is 4.74 Å². The van der Waals surface area contributed by atoms with Crippen molar-refractivity contribution in [1.82, 2.24) is 5.32 Å². The molecule has 5 heteroatoms. The van der Waals surface area contributed by atoms with Crippen LogP contribution in [0.15, 0.2) is 29.2 Å². The normalized spacial score (nSPS) is 15.6. The minimum absolute atomic E-state index is 0.302. The van der Waals surface area contributed by atoms with Gasteiger partial charge in [0.2, 0.25) is 0 Å². The molecule has 1 fully saturated rings. The molecule has 18 heavy (non-hydrogen) atoms. The van der Waals surface area contributed by atoms with Crippen LogP contribution in [0.1, 0.15) is 19.3 Å². The fraction of sp³-hybridized carbons (Fsp3) is 0.538. The van der Waals surface area contributed by atoms with Gasteiger partial charge < -0.3 is 10.1 Å². The minimum atomic E-state index is -3.16. The van der Waals surface area contributed by atoms with Crippen LogP contribution < -0.4 is 10.1 Å². The summed E-state index contributed by atoms with van der Waals surface area (Å²) in [5, 5.41) is 3.40. The molecule has 0 radical (unpaired) electrons. The Morgan fingerprint density at radius 1 is 1.39 bits per heavy atom. The van der Waals surface area contributed by atoms with Crippen LogP contribution in [0.4, 0.5) is 0 Å². The van der Waals surface area contributed by atoms with Crippen LogP contribution in [0.2, 0.25) is 0 Å². The van der Waals surface area contributed by atoms with Crippen LogP contribution in [0.25, 0.3) is 0 Å². The molecule has 0 bridgehead atoms. The van der Waals surface area contributed by atoms with Gasteiger partial charge in [-0.2, -0.15) is 0 Å². The van der Waals surface area contributed by atoms with Crippen molar-refractivity contribution in [2.75, 3.05) is 19.4 Å². The number of benzene rings is 1. The maximum absolute atomic E-state index is 11.4. The third kappa shape index (κ3) is 4.31. The summed E-state index contributed by atoms with van der Waals surface area (Å²) >= 11 is 0. The second kappa shape index (κ2) is 5.71. The lowest BCUT2D eigenvalue weighted by Crippen LogP contribution is -2.19. The van der Waals surface area contributed by atoms with Crippen molar-refractivity contribution in [3.63, 3.8) is 0 Å². The van der Waals surface area contributed by atoms with E-state index in [0.29, 0.717) is 17.3 Å². The van der Waals surface area contributed by atoms with Crippen molar-refractivity contribution < 1.29 is 13.2 Å². The molecule has 100 valence electrons. The highest BCUT2D eigenvalue weighted by Gasteiger charge is 2.19. The molecular formula is C13H19NO3S. The minimum Gasteiger partial charge on any atom is -0.494 e. The van der Waals surface area contributed by atoms with E-state index in [1.54, 1.807) is 24.3 Å². The molecular weight excluding hydrogens is 250 g/mol. The van der Waals surface area contributed by atoms with Crippen LogP contribution in [-0.2, 0) is 9.84 Å². The molecule has 0 aliphatic heterocycles. The number of nitrogens with one attached hydrogen (secondary N) is 1. The van der Waals surface area contributed by atoms with Gasteiger partial charge >= 0.3 is 0 Å². The molecule has 1 aromatic carbocycles. The van der Waals surface area contributed by atoms with Crippen molar-refractivity contribution in [2.45, 2.75) is 30.2 Å². The van der Waals surface area contributed by atoms with Gasteiger partial charge in [0, 0.05) is 12.3 Å². The Morgan fingerprint density at radius 2 is 2.17 bits per heavy atom. The Morgan fingerprint density at radius 3 is 2.83 bits per heavy atom. The SMILES string of the molecule is CS(=O)(=O)c1cccc(OCCCNC2CC2)c1. The summed E-state index contributed by atoms with van der Waals surface area (Å²) < 4.78 is 28.3. The first-order chi connectivity index (χ1) is 8.55. The van der Waals surface area contributed by atoms with E-state index in [0.717, 1.165) is 19.0 Å². The summed E-state index contributed by atoms with van der Waals surface area (Å²) in [7, 11) is -3.16. The summed E-state index contributed by atoms with van der Waals surface area (Å²) in [4.78, 5) is 0.302. The molecule has 0 unspecified atom stereocenters. The van der Waals surface area contributed by atoms with Crippen molar-refractivity contribution in [1.29, 1.82) is 0 Å². The highest BCUT2D eigenvalue weighted by atomic mass is 32.2. The van der Waals surface area contributed by atoms with Crippen molar-refractivity contribution in [2.24, 2.45) is 0 Å². The Balaban J connectivity index is 1.77. The number of hydrogen-bond acceptors (Lipinski definition) is 4. The molecule has 0 saturated heterocycles. The molecule has 0 heterocycles. The smallest absolute Gasteiger partial charge is 0.175 e. The molecule has 4 nitrogen and oxygen atoms in total. The Hall–Kier alpha value is -1.07. The van der Waals surface area contributed by atoms with Gasteiger partial charge in [-0.1, -0.05) is 6.07 Å². The Labute approximate surface area is 108 Å². The fourth-order valence-corrected chi connectivity index (χ4v) is 2.31. The molecule has 0 atom stereocenters. The predicted octanol–water partition coefficient (Wildman–Crippen LogP) is 1.61. The van der Waals surface area contributed by atoms with Crippen LogP contribution in [0.3, 0.4) is 0 Å². The predicted molar refractivity (Wildman–Crippen MR) is 70.7 cm³/mol. The van der Waals surface area contributed by atoms with Gasteiger partial charge in [0.25, 0.3) is 0 Å². The maximum atomic E-state index is 11.4. The number of ether oxygens (including phenoxy) is 1. The van der Waals surface area contributed by atoms with Crippen molar-refractivity contribution in [3.8, 4) is 5.75 Å². The summed E-state index contributed by atoms with van der Waals surface area (Å²) in [5.74, 6) is 0.615. The summed E-state index contributed by atoms with van der Waals surface area (Å²) in [6.07, 6.45) is 4.71. The largest absolute Gasteiger partial charge is 0.494 e. The molecule has 0 aromatic heterocycles. The van der Waals surface area contributed by atoms with Crippen molar-refractivity contribution in [3.05, 3.63) is 24.3 Å². The first-order valence-corrected chi connectivity index (χ1v) is 8.11. The van der Waals surface area contributed by atoms with Gasteiger partial charge in [0.15, 0.2) is 9.84 Å². The molecule has 1 aromatic rings. The van der Waals surface area contributed by atoms with Crippen molar-refractivity contribution >= 4 is 9.84 Å². The monoisotopic (exact) mass is 269 g/mol. The average molecular weight is 269 g/mol. The topological polar surface area (TPSA) is 55.4 Å². The van der Waals surface area contributed by atoms with E-state index < -0.39 is 9.84 Å². The summed E-state index contributed by atoms with van der Waals surface area (Å²) in [5.41, 5.74) is 0. The Kier molecular flexibility index (Phi) is 4.24. The van der Waals surface area contributed by atoms with Gasteiger partial charge in [-0.3, -0.25) is 0 Å². The highest BCUT2D eigenvalue weighted by Crippen LogP contribution is 2.19. The zero-order valence-corrected chi connectivity index (χ0v) is 11.4.